The first kappa shape index (κ1) is 19.9. The number of carbonyl (C=O) groups is 2. The van der Waals surface area contributed by atoms with Crippen LogP contribution in [0.5, 0.6) is 0 Å². The summed E-state index contributed by atoms with van der Waals surface area (Å²) in [4.78, 5) is 23.6. The van der Waals surface area contributed by atoms with Crippen molar-refractivity contribution in [1.29, 1.82) is 0 Å². The quantitative estimate of drug-likeness (QED) is 0.592. The first-order valence-electron chi connectivity index (χ1n) is 8.78. The number of amides is 1. The molecule has 0 aliphatic heterocycles. The number of fused-ring (bicyclic) bond motifs is 1. The maximum absolute atomic E-state index is 12.8. The van der Waals surface area contributed by atoms with Crippen LogP contribution in [-0.4, -0.2) is 33.3 Å². The number of carboxylic acid groups (broad SMARTS) is 1. The molecule has 1 unspecified atom stereocenters. The van der Waals surface area contributed by atoms with Crippen LogP contribution in [0.25, 0.3) is 10.9 Å². The highest BCUT2D eigenvalue weighted by Gasteiger charge is 2.19. The molecule has 1 aromatic heterocycles. The molecule has 28 heavy (non-hydrogen) atoms. The molecule has 3 aromatic rings. The Bertz CT molecular complexity index is 1040. The molecule has 2 aromatic carbocycles. The van der Waals surface area contributed by atoms with Gasteiger partial charge in [-0.15, -0.1) is 0 Å². The number of aromatic nitrogens is 1. The van der Waals surface area contributed by atoms with Crippen molar-refractivity contribution in [1.82, 2.24) is 9.88 Å². The van der Waals surface area contributed by atoms with E-state index in [4.69, 9.17) is 16.7 Å². The Kier molecular flexibility index (Phi) is 5.72. The minimum atomic E-state index is -0.913. The van der Waals surface area contributed by atoms with Gasteiger partial charge < -0.3 is 20.1 Å². The molecule has 1 heterocycles. The molecule has 0 spiro atoms. The fourth-order valence-corrected chi connectivity index (χ4v) is 3.57. The molecule has 0 bridgehead atoms. The predicted molar refractivity (Wildman–Crippen MR) is 108 cm³/mol. The van der Waals surface area contributed by atoms with Crippen molar-refractivity contribution >= 4 is 34.4 Å². The monoisotopic (exact) mass is 400 g/mol. The van der Waals surface area contributed by atoms with Crippen molar-refractivity contribution in [2.45, 2.75) is 19.4 Å². The summed E-state index contributed by atoms with van der Waals surface area (Å²) in [6, 6.07) is 11.7. The third kappa shape index (κ3) is 4.03. The molecule has 1 atom stereocenters. The van der Waals surface area contributed by atoms with E-state index in [1.54, 1.807) is 41.9 Å². The zero-order valence-corrected chi connectivity index (χ0v) is 16.3. The van der Waals surface area contributed by atoms with Gasteiger partial charge in [-0.05, 0) is 41.8 Å². The van der Waals surface area contributed by atoms with Gasteiger partial charge in [0, 0.05) is 12.4 Å². The van der Waals surface area contributed by atoms with E-state index in [1.807, 2.05) is 19.1 Å². The highest BCUT2D eigenvalue weighted by Crippen LogP contribution is 2.28. The second-order valence-corrected chi connectivity index (χ2v) is 7.20. The van der Waals surface area contributed by atoms with Crippen LogP contribution in [0.15, 0.2) is 42.5 Å². The van der Waals surface area contributed by atoms with Crippen LogP contribution in [0.2, 0.25) is 5.02 Å². The number of carbonyl (C=O) groups excluding carboxylic acids is 1. The number of hydrogen-bond donors (Lipinski definition) is 3. The van der Waals surface area contributed by atoms with Crippen LogP contribution in [0.3, 0.4) is 0 Å². The van der Waals surface area contributed by atoms with E-state index in [1.165, 1.54) is 0 Å². The second-order valence-electron chi connectivity index (χ2n) is 6.79. The zero-order chi connectivity index (χ0) is 20.4. The molecule has 1 amide bonds. The Balaban J connectivity index is 1.84. The Labute approximate surface area is 167 Å². The molecule has 3 rings (SSSR count). The van der Waals surface area contributed by atoms with Gasteiger partial charge in [-0.1, -0.05) is 35.9 Å². The number of aliphatic hydroxyl groups excluding tert-OH is 1. The predicted octanol–water partition coefficient (Wildman–Crippen LogP) is 3.23. The van der Waals surface area contributed by atoms with E-state index in [9.17, 15) is 14.7 Å². The van der Waals surface area contributed by atoms with Crippen LogP contribution in [0.4, 0.5) is 0 Å². The molecule has 0 saturated heterocycles. The number of carboxylic acids is 1. The van der Waals surface area contributed by atoms with Crippen molar-refractivity contribution in [3.63, 3.8) is 0 Å². The van der Waals surface area contributed by atoms with Gasteiger partial charge in [-0.2, -0.15) is 0 Å². The molecule has 0 aliphatic carbocycles. The van der Waals surface area contributed by atoms with E-state index < -0.39 is 12.0 Å². The summed E-state index contributed by atoms with van der Waals surface area (Å²) in [5.41, 5.74) is 3.63. The molecule has 7 heteroatoms. The number of nitrogens with one attached hydrogen (secondary N) is 1. The molecule has 3 N–H and O–H groups in total. The Morgan fingerprint density at radius 3 is 2.46 bits per heavy atom. The second kappa shape index (κ2) is 8.04. The van der Waals surface area contributed by atoms with Crippen molar-refractivity contribution in [2.24, 2.45) is 7.05 Å². The molecule has 146 valence electrons. The number of hydrogen-bond acceptors (Lipinski definition) is 3. The first-order chi connectivity index (χ1) is 13.3. The van der Waals surface area contributed by atoms with Gasteiger partial charge in [-0.3, -0.25) is 9.59 Å². The molecule has 0 saturated carbocycles. The van der Waals surface area contributed by atoms with Gasteiger partial charge in [0.05, 0.1) is 29.6 Å². The Morgan fingerprint density at radius 2 is 1.86 bits per heavy atom. The summed E-state index contributed by atoms with van der Waals surface area (Å²) in [5.74, 6) is -1.24. The number of aliphatic hydroxyl groups is 1. The fourth-order valence-electron chi connectivity index (χ4n) is 3.25. The number of rotatable bonds is 6. The topological polar surface area (TPSA) is 91.6 Å². The van der Waals surface area contributed by atoms with Gasteiger partial charge in [-0.25, -0.2) is 0 Å². The minimum Gasteiger partial charge on any atom is -0.481 e. The third-order valence-corrected chi connectivity index (χ3v) is 5.03. The van der Waals surface area contributed by atoms with E-state index >= 15 is 0 Å². The largest absolute Gasteiger partial charge is 0.481 e. The summed E-state index contributed by atoms with van der Waals surface area (Å²) in [7, 11) is 1.79. The Hall–Kier alpha value is -2.83. The van der Waals surface area contributed by atoms with Gasteiger partial charge in [0.1, 0.15) is 5.69 Å². The summed E-state index contributed by atoms with van der Waals surface area (Å²) in [6.45, 7) is 1.65. The van der Waals surface area contributed by atoms with E-state index in [0.717, 1.165) is 16.5 Å². The van der Waals surface area contributed by atoms with Crippen molar-refractivity contribution in [2.75, 3.05) is 6.61 Å². The average Bonchev–Trinajstić information content (AvgIpc) is 2.97. The molecule has 0 radical (unpaired) electrons. The molecular weight excluding hydrogens is 380 g/mol. The van der Waals surface area contributed by atoms with E-state index in [0.29, 0.717) is 21.8 Å². The summed E-state index contributed by atoms with van der Waals surface area (Å²) < 4.78 is 1.77. The highest BCUT2D eigenvalue weighted by molar-refractivity contribution is 6.35. The van der Waals surface area contributed by atoms with Crippen LogP contribution < -0.4 is 5.32 Å². The molecule has 6 nitrogen and oxygen atoms in total. The lowest BCUT2D eigenvalue weighted by Gasteiger charge is -2.17. The van der Waals surface area contributed by atoms with Crippen molar-refractivity contribution in [3.05, 3.63) is 69.9 Å². The lowest BCUT2D eigenvalue weighted by atomic mass is 10.0. The van der Waals surface area contributed by atoms with E-state index in [2.05, 4.69) is 5.32 Å². The van der Waals surface area contributed by atoms with Gasteiger partial charge in [0.15, 0.2) is 0 Å². The summed E-state index contributed by atoms with van der Waals surface area (Å²) in [6.07, 6.45) is -0.0768. The van der Waals surface area contributed by atoms with Crippen molar-refractivity contribution < 1.29 is 19.8 Å². The summed E-state index contributed by atoms with van der Waals surface area (Å²) >= 11 is 6.31. The lowest BCUT2D eigenvalue weighted by molar-refractivity contribution is -0.136. The third-order valence-electron chi connectivity index (χ3n) is 4.71. The molecule has 0 fully saturated rings. The summed E-state index contributed by atoms with van der Waals surface area (Å²) in [5, 5.41) is 22.8. The SMILES string of the molecule is Cc1cc(Cl)c2cc(C(=O)NC(CO)c3ccc(CC(=O)O)cc3)n(C)c2c1. The van der Waals surface area contributed by atoms with Crippen molar-refractivity contribution in [3.8, 4) is 0 Å². The highest BCUT2D eigenvalue weighted by atomic mass is 35.5. The minimum absolute atomic E-state index is 0.0768. The zero-order valence-electron chi connectivity index (χ0n) is 15.6. The van der Waals surface area contributed by atoms with Crippen LogP contribution >= 0.6 is 11.6 Å². The molecule has 0 aliphatic rings. The van der Waals surface area contributed by atoms with Crippen LogP contribution in [-0.2, 0) is 18.3 Å². The average molecular weight is 401 g/mol. The smallest absolute Gasteiger partial charge is 0.307 e. The standard InChI is InChI=1S/C21H21ClN2O4/c1-12-7-16(22)15-10-19(24(2)18(15)8-12)21(28)23-17(11-25)14-5-3-13(4-6-14)9-20(26)27/h3-8,10,17,25H,9,11H2,1-2H3,(H,23,28)(H,26,27). The van der Waals surface area contributed by atoms with Gasteiger partial charge in [0.25, 0.3) is 5.91 Å². The van der Waals surface area contributed by atoms with Gasteiger partial charge in [0.2, 0.25) is 0 Å². The number of aryl methyl sites for hydroxylation is 2. The van der Waals surface area contributed by atoms with Crippen LogP contribution in [0.1, 0.15) is 33.2 Å². The molecular formula is C21H21ClN2O4. The number of aliphatic carboxylic acids is 1. The number of benzene rings is 2. The fraction of sp³-hybridized carbons (Fsp3) is 0.238. The lowest BCUT2D eigenvalue weighted by Crippen LogP contribution is -2.32. The maximum Gasteiger partial charge on any atom is 0.307 e. The van der Waals surface area contributed by atoms with Gasteiger partial charge >= 0.3 is 5.97 Å². The Morgan fingerprint density at radius 1 is 1.18 bits per heavy atom. The maximum atomic E-state index is 12.8. The number of halogens is 1. The van der Waals surface area contributed by atoms with Crippen LogP contribution in [0, 0.1) is 6.92 Å². The number of nitrogens with zero attached hydrogens (tertiary/aromatic N) is 1. The van der Waals surface area contributed by atoms with E-state index in [-0.39, 0.29) is 18.9 Å². The first-order valence-corrected chi connectivity index (χ1v) is 9.16. The normalized spacial score (nSPS) is 12.1.